The third-order valence-electron chi connectivity index (χ3n) is 9.89. The van der Waals surface area contributed by atoms with Crippen molar-refractivity contribution in [3.8, 4) is 22.3 Å². The molecule has 0 nitrogen and oxygen atoms in total. The maximum atomic E-state index is 5.62. The normalized spacial score (nSPS) is 11.0. The molecule has 0 radical (unpaired) electrons. The van der Waals surface area contributed by atoms with E-state index in [1.807, 2.05) is 0 Å². The van der Waals surface area contributed by atoms with Gasteiger partial charge in [0.25, 0.3) is 0 Å². The van der Waals surface area contributed by atoms with Crippen molar-refractivity contribution in [3.05, 3.63) is 156 Å². The Bertz CT molecular complexity index is 2330. The molecule has 0 atom stereocenters. The van der Waals surface area contributed by atoms with Gasteiger partial charge in [0.15, 0.2) is 0 Å². The van der Waals surface area contributed by atoms with Gasteiger partial charge in [-0.2, -0.15) is 12.1 Å². The molecule has 0 bridgehead atoms. The summed E-state index contributed by atoms with van der Waals surface area (Å²) in [6, 6.07) is 49.2. The summed E-state index contributed by atoms with van der Waals surface area (Å²) < 4.78 is 0. The third kappa shape index (κ3) is 8.58. The second-order valence-electron chi connectivity index (χ2n) is 14.1. The predicted molar refractivity (Wildman–Crippen MR) is 232 cm³/mol. The number of hydrogen-bond donors (Lipinski definition) is 0. The van der Waals surface area contributed by atoms with E-state index in [0.717, 1.165) is 12.8 Å². The van der Waals surface area contributed by atoms with Crippen LogP contribution in [0.1, 0.15) is 48.9 Å². The molecule has 0 heterocycles. The van der Waals surface area contributed by atoms with E-state index in [4.69, 9.17) is 17.0 Å². The van der Waals surface area contributed by atoms with Gasteiger partial charge in [-0.05, 0) is 70.5 Å². The Hall–Kier alpha value is -3.26. The fraction of sp³-hybridized carbons (Fsp3) is 0.208. The molecule has 0 aromatic heterocycles. The van der Waals surface area contributed by atoms with Crippen molar-refractivity contribution in [2.24, 2.45) is 0 Å². The molecule has 0 aliphatic heterocycles. The van der Waals surface area contributed by atoms with Gasteiger partial charge in [0.05, 0.1) is 0 Å². The monoisotopic (exact) mass is 812 g/mol. The minimum absolute atomic E-state index is 0.224. The topological polar surface area (TPSA) is 0 Å². The zero-order valence-electron chi connectivity index (χ0n) is 31.3. The molecule has 8 rings (SSSR count). The summed E-state index contributed by atoms with van der Waals surface area (Å²) in [5, 5.41) is 10.8. The first-order valence-electron chi connectivity index (χ1n) is 18.5. The fourth-order valence-corrected chi connectivity index (χ4v) is 7.37. The van der Waals surface area contributed by atoms with E-state index in [0.29, 0.717) is 0 Å². The van der Waals surface area contributed by atoms with Gasteiger partial charge < -0.3 is 0 Å². The van der Waals surface area contributed by atoms with Crippen molar-refractivity contribution in [1.29, 1.82) is 0 Å². The van der Waals surface area contributed by atoms with Gasteiger partial charge in [-0.25, -0.2) is 0 Å². The zero-order chi connectivity index (χ0) is 36.8. The van der Waals surface area contributed by atoms with E-state index in [9.17, 15) is 0 Å². The second-order valence-corrected chi connectivity index (χ2v) is 37.0. The molecule has 0 spiro atoms. The molecule has 4 heteroatoms. The standard InChI is InChI=1S/2C23H21.C2H6Si.2ClH.Zr/c2*1-3-7-17-14-19-9-6-11-21(22(19)15-17)23-16(2)12-13-18-8-4-5-10-20(18)23;1-3-2;;;/h2*4-6,8-15H,3,7H2,1-2H3;1-2H3;2*1H;/q2*-1;;;;+2/p-2. The van der Waals surface area contributed by atoms with Crippen LogP contribution in [-0.2, 0) is 30.8 Å². The molecule has 0 saturated carbocycles. The molecule has 0 aliphatic carbocycles. The van der Waals surface area contributed by atoms with Crippen molar-refractivity contribution in [1.82, 2.24) is 0 Å². The van der Waals surface area contributed by atoms with Crippen molar-refractivity contribution < 1.29 is 18.0 Å². The molecule has 0 fully saturated rings. The van der Waals surface area contributed by atoms with Crippen LogP contribution in [0.15, 0.2) is 133 Å². The first-order chi connectivity index (χ1) is 25.2. The third-order valence-corrected chi connectivity index (χ3v) is 29.6. The zero-order valence-corrected chi connectivity index (χ0v) is 36.3. The average Bonchev–Trinajstić information content (AvgIpc) is 3.76. The molecule has 0 saturated heterocycles. The van der Waals surface area contributed by atoms with Gasteiger partial charge in [-0.1, -0.05) is 123 Å². The second kappa shape index (κ2) is 17.7. The van der Waals surface area contributed by atoms with E-state index in [2.05, 4.69) is 174 Å². The molecule has 0 aliphatic rings. The Morgan fingerprint density at radius 3 is 1.31 bits per heavy atom. The van der Waals surface area contributed by atoms with Crippen LogP contribution in [0, 0.1) is 13.8 Å². The Morgan fingerprint density at radius 2 is 0.923 bits per heavy atom. The summed E-state index contributed by atoms with van der Waals surface area (Å²) in [5.74, 6) is 0. The number of benzene rings is 6. The summed E-state index contributed by atoms with van der Waals surface area (Å²) in [6.07, 6.45) is 4.70. The Labute approximate surface area is 325 Å². The van der Waals surface area contributed by atoms with Crippen LogP contribution in [-0.4, -0.2) is 5.43 Å². The molecule has 8 aromatic rings. The van der Waals surface area contributed by atoms with E-state index < -0.39 is 18.0 Å². The van der Waals surface area contributed by atoms with Crippen molar-refractivity contribution in [3.63, 3.8) is 0 Å². The van der Waals surface area contributed by atoms with E-state index in [1.165, 1.54) is 100 Å². The summed E-state index contributed by atoms with van der Waals surface area (Å²) >= 11 is -1.65. The quantitative estimate of drug-likeness (QED) is 0.116. The number of halogens is 2. The Balaban J connectivity index is 0.000000155. The molecular formula is C48H48Cl2SiZr-2. The SMILES string of the molecule is CCCc1cc2c(-c3c(C)ccc4ccccc34)cccc2[cH-]1.CCCc1cc2c(-c3c(C)ccc4ccccc34)cccc2[cH-]1.C[Si](C)=[Zr]([Cl])[Cl]. The van der Waals surface area contributed by atoms with Gasteiger partial charge in [0.1, 0.15) is 0 Å². The van der Waals surface area contributed by atoms with Crippen LogP contribution in [0.3, 0.4) is 0 Å². The first-order valence-corrected chi connectivity index (χ1v) is 31.0. The van der Waals surface area contributed by atoms with Crippen molar-refractivity contribution in [2.75, 3.05) is 0 Å². The number of rotatable bonds is 6. The number of fused-ring (bicyclic) bond motifs is 4. The number of hydrogen-bond acceptors (Lipinski definition) is 0. The van der Waals surface area contributed by atoms with Gasteiger partial charge in [-0.15, -0.1) is 69.1 Å². The molecule has 0 N–H and O–H groups in total. The summed E-state index contributed by atoms with van der Waals surface area (Å²) in [5.41, 5.74) is 10.8. The van der Waals surface area contributed by atoms with Crippen molar-refractivity contribution >= 4 is 65.5 Å². The summed E-state index contributed by atoms with van der Waals surface area (Å²) in [7, 11) is 11.2. The molecule has 52 heavy (non-hydrogen) atoms. The van der Waals surface area contributed by atoms with Crippen LogP contribution in [0.4, 0.5) is 0 Å². The van der Waals surface area contributed by atoms with Gasteiger partial charge >= 0.3 is 53.5 Å². The predicted octanol–water partition coefficient (Wildman–Crippen LogP) is 15.4. The average molecular weight is 815 g/mol. The van der Waals surface area contributed by atoms with Crippen LogP contribution >= 0.6 is 17.0 Å². The van der Waals surface area contributed by atoms with Crippen molar-refractivity contribution in [2.45, 2.75) is 66.5 Å². The van der Waals surface area contributed by atoms with Gasteiger partial charge in [0, 0.05) is 0 Å². The van der Waals surface area contributed by atoms with Gasteiger partial charge in [0.2, 0.25) is 0 Å². The van der Waals surface area contributed by atoms with E-state index in [1.54, 1.807) is 0 Å². The molecule has 264 valence electrons. The van der Waals surface area contributed by atoms with Gasteiger partial charge in [-0.3, -0.25) is 0 Å². The molecule has 0 amide bonds. The summed E-state index contributed by atoms with van der Waals surface area (Å²) in [4.78, 5) is 0. The van der Waals surface area contributed by atoms with E-state index in [-0.39, 0.29) is 5.43 Å². The van der Waals surface area contributed by atoms with Crippen LogP contribution in [0.25, 0.3) is 65.3 Å². The molecule has 8 aromatic carbocycles. The first kappa shape index (κ1) is 38.5. The van der Waals surface area contributed by atoms with E-state index >= 15 is 0 Å². The minimum atomic E-state index is -1.65. The Morgan fingerprint density at radius 1 is 0.519 bits per heavy atom. The fourth-order valence-electron chi connectivity index (χ4n) is 7.37. The number of aryl methyl sites for hydroxylation is 4. The molecule has 0 unspecified atom stereocenters. The summed E-state index contributed by atoms with van der Waals surface area (Å²) in [6.45, 7) is 13.3. The maximum absolute atomic E-state index is 5.62. The van der Waals surface area contributed by atoms with Crippen LogP contribution in [0.5, 0.6) is 0 Å². The Kier molecular flexibility index (Phi) is 13.1. The molecular weight excluding hydrogens is 767 g/mol. The van der Waals surface area contributed by atoms with Crippen LogP contribution in [0.2, 0.25) is 13.1 Å². The van der Waals surface area contributed by atoms with Crippen LogP contribution < -0.4 is 0 Å².